The van der Waals surface area contributed by atoms with Gasteiger partial charge in [-0.05, 0) is 25.5 Å². The Morgan fingerprint density at radius 3 is 2.93 bits per heavy atom. The molecule has 1 fully saturated rings. The van der Waals surface area contributed by atoms with Crippen molar-refractivity contribution in [2.75, 3.05) is 60.2 Å². The Kier molecular flexibility index (Phi) is 8.31. The number of hydrogen-bond donors (Lipinski definition) is 1. The highest BCUT2D eigenvalue weighted by molar-refractivity contribution is 5.98. The van der Waals surface area contributed by atoms with Crippen LogP contribution in [0.1, 0.15) is 35.2 Å². The molecule has 8 heteroatoms. The smallest absolute Gasteiger partial charge is 0.255 e. The van der Waals surface area contributed by atoms with Gasteiger partial charge in [-0.15, -0.1) is 0 Å². The number of nitriles is 1. The zero-order valence-corrected chi connectivity index (χ0v) is 17.8. The lowest BCUT2D eigenvalue weighted by Crippen LogP contribution is -2.48. The maximum absolute atomic E-state index is 13.0. The first-order valence-corrected chi connectivity index (χ1v) is 10.5. The largest absolute Gasteiger partial charge is 0.489 e. The summed E-state index contributed by atoms with van der Waals surface area (Å²) >= 11 is 0. The third-order valence-electron chi connectivity index (χ3n) is 5.65. The first-order valence-electron chi connectivity index (χ1n) is 10.5. The average Bonchev–Trinajstić information content (AvgIpc) is 3.02. The number of benzene rings is 1. The summed E-state index contributed by atoms with van der Waals surface area (Å²) in [6.07, 6.45) is 2.73. The molecule has 1 aromatic rings. The summed E-state index contributed by atoms with van der Waals surface area (Å²) in [4.78, 5) is 15.3. The summed E-state index contributed by atoms with van der Waals surface area (Å²) in [7, 11) is 3.44. The van der Waals surface area contributed by atoms with Gasteiger partial charge in [0.15, 0.2) is 11.5 Å². The fourth-order valence-electron chi connectivity index (χ4n) is 3.99. The van der Waals surface area contributed by atoms with E-state index in [9.17, 15) is 10.1 Å². The SMILES string of the molecule is COCCCN1CC[C@@H](CNC(=O)c2cc(C#N)cc3c2OCCCO3)C(OC)C1. The quantitative estimate of drug-likeness (QED) is 0.645. The summed E-state index contributed by atoms with van der Waals surface area (Å²) in [6, 6.07) is 5.28. The van der Waals surface area contributed by atoms with Gasteiger partial charge in [-0.3, -0.25) is 4.79 Å². The van der Waals surface area contributed by atoms with Crippen LogP contribution in [-0.4, -0.2) is 77.1 Å². The van der Waals surface area contributed by atoms with E-state index >= 15 is 0 Å². The molecular formula is C22H31N3O5. The molecule has 0 saturated carbocycles. The van der Waals surface area contributed by atoms with Crippen LogP contribution in [0.25, 0.3) is 0 Å². The third-order valence-corrected chi connectivity index (χ3v) is 5.65. The fourth-order valence-corrected chi connectivity index (χ4v) is 3.99. The molecule has 2 heterocycles. The lowest BCUT2D eigenvalue weighted by molar-refractivity contribution is -0.0121. The average molecular weight is 418 g/mol. The van der Waals surface area contributed by atoms with Crippen molar-refractivity contribution in [3.8, 4) is 17.6 Å². The van der Waals surface area contributed by atoms with Crippen molar-refractivity contribution in [3.63, 3.8) is 0 Å². The molecule has 164 valence electrons. The van der Waals surface area contributed by atoms with Crippen molar-refractivity contribution >= 4 is 5.91 Å². The summed E-state index contributed by atoms with van der Waals surface area (Å²) in [5, 5.41) is 12.3. The molecule has 0 bridgehead atoms. The van der Waals surface area contributed by atoms with Gasteiger partial charge in [-0.25, -0.2) is 0 Å². The molecule has 0 aliphatic carbocycles. The van der Waals surface area contributed by atoms with E-state index in [0.29, 0.717) is 42.4 Å². The van der Waals surface area contributed by atoms with Gasteiger partial charge in [0.2, 0.25) is 0 Å². The van der Waals surface area contributed by atoms with E-state index in [1.165, 1.54) is 0 Å². The molecule has 1 N–H and O–H groups in total. The van der Waals surface area contributed by atoms with Crippen LogP contribution >= 0.6 is 0 Å². The zero-order chi connectivity index (χ0) is 21.3. The summed E-state index contributed by atoms with van der Waals surface area (Å²) in [5.74, 6) is 0.842. The number of ether oxygens (including phenoxy) is 4. The summed E-state index contributed by atoms with van der Waals surface area (Å²) in [6.45, 7) is 5.05. The first-order chi connectivity index (χ1) is 14.7. The molecule has 2 atom stereocenters. The van der Waals surface area contributed by atoms with Gasteiger partial charge in [-0.2, -0.15) is 5.26 Å². The molecule has 0 aromatic heterocycles. The van der Waals surface area contributed by atoms with E-state index in [-0.39, 0.29) is 17.9 Å². The number of piperidine rings is 1. The number of methoxy groups -OCH3 is 2. The van der Waals surface area contributed by atoms with Gasteiger partial charge >= 0.3 is 0 Å². The van der Waals surface area contributed by atoms with E-state index < -0.39 is 0 Å². The van der Waals surface area contributed by atoms with Crippen LogP contribution < -0.4 is 14.8 Å². The number of nitrogens with one attached hydrogen (secondary N) is 1. The van der Waals surface area contributed by atoms with Crippen molar-refractivity contribution in [2.45, 2.75) is 25.4 Å². The molecular weight excluding hydrogens is 386 g/mol. The van der Waals surface area contributed by atoms with Crippen LogP contribution in [0.3, 0.4) is 0 Å². The number of nitrogens with zero attached hydrogens (tertiary/aromatic N) is 2. The molecule has 1 amide bonds. The van der Waals surface area contributed by atoms with Crippen LogP contribution in [0.5, 0.6) is 11.5 Å². The van der Waals surface area contributed by atoms with Crippen LogP contribution in [0.4, 0.5) is 0 Å². The van der Waals surface area contributed by atoms with Crippen LogP contribution in [0.2, 0.25) is 0 Å². The predicted molar refractivity (Wildman–Crippen MR) is 111 cm³/mol. The molecule has 30 heavy (non-hydrogen) atoms. The molecule has 0 spiro atoms. The maximum Gasteiger partial charge on any atom is 0.255 e. The van der Waals surface area contributed by atoms with E-state index in [0.717, 1.165) is 45.5 Å². The highest BCUT2D eigenvalue weighted by Crippen LogP contribution is 2.35. The van der Waals surface area contributed by atoms with Gasteiger partial charge in [0.25, 0.3) is 5.91 Å². The minimum absolute atomic E-state index is 0.0590. The zero-order valence-electron chi connectivity index (χ0n) is 17.8. The fraction of sp³-hybridized carbons (Fsp3) is 0.636. The Labute approximate surface area is 178 Å². The van der Waals surface area contributed by atoms with Crippen molar-refractivity contribution in [1.29, 1.82) is 5.26 Å². The predicted octanol–water partition coefficient (Wildman–Crippen LogP) is 1.82. The van der Waals surface area contributed by atoms with Gasteiger partial charge in [0.05, 0.1) is 36.5 Å². The molecule has 1 saturated heterocycles. The van der Waals surface area contributed by atoms with Gasteiger partial charge < -0.3 is 29.2 Å². The lowest BCUT2D eigenvalue weighted by atomic mass is 9.93. The molecule has 0 radical (unpaired) electrons. The third kappa shape index (κ3) is 5.63. The van der Waals surface area contributed by atoms with E-state index in [1.807, 2.05) is 0 Å². The monoisotopic (exact) mass is 417 g/mol. The minimum atomic E-state index is -0.258. The van der Waals surface area contributed by atoms with Crippen molar-refractivity contribution in [2.24, 2.45) is 5.92 Å². The number of carbonyl (C=O) groups excluding carboxylic acids is 1. The van der Waals surface area contributed by atoms with E-state index in [4.69, 9.17) is 18.9 Å². The second-order valence-electron chi connectivity index (χ2n) is 7.69. The molecule has 1 aromatic carbocycles. The number of hydrogen-bond acceptors (Lipinski definition) is 7. The van der Waals surface area contributed by atoms with Gasteiger partial charge in [0, 0.05) is 58.9 Å². The van der Waals surface area contributed by atoms with E-state index in [1.54, 1.807) is 26.4 Å². The molecule has 2 aliphatic rings. The highest BCUT2D eigenvalue weighted by atomic mass is 16.5. The number of fused-ring (bicyclic) bond motifs is 1. The van der Waals surface area contributed by atoms with Crippen LogP contribution in [0.15, 0.2) is 12.1 Å². The number of amides is 1. The number of rotatable bonds is 8. The van der Waals surface area contributed by atoms with Crippen LogP contribution in [-0.2, 0) is 9.47 Å². The first kappa shape index (κ1) is 22.3. The Morgan fingerprint density at radius 2 is 2.17 bits per heavy atom. The van der Waals surface area contributed by atoms with Gasteiger partial charge in [-0.1, -0.05) is 0 Å². The van der Waals surface area contributed by atoms with Crippen molar-refractivity contribution in [1.82, 2.24) is 10.2 Å². The molecule has 2 aliphatic heterocycles. The summed E-state index contributed by atoms with van der Waals surface area (Å²) < 4.78 is 22.3. The topological polar surface area (TPSA) is 93.1 Å². The second-order valence-corrected chi connectivity index (χ2v) is 7.69. The number of carbonyl (C=O) groups is 1. The van der Waals surface area contributed by atoms with E-state index in [2.05, 4.69) is 16.3 Å². The normalized spacial score (nSPS) is 21.5. The number of likely N-dealkylation sites (tertiary alicyclic amines) is 1. The molecule has 3 rings (SSSR count). The van der Waals surface area contributed by atoms with Crippen LogP contribution in [0, 0.1) is 17.2 Å². The Hall–Kier alpha value is -2.34. The second kappa shape index (κ2) is 11.2. The molecule has 8 nitrogen and oxygen atoms in total. The maximum atomic E-state index is 13.0. The van der Waals surface area contributed by atoms with Gasteiger partial charge in [0.1, 0.15) is 0 Å². The molecule has 1 unspecified atom stereocenters. The Bertz CT molecular complexity index is 764. The highest BCUT2D eigenvalue weighted by Gasteiger charge is 2.30. The standard InChI is InChI=1S/C22H31N3O5/c1-27-8-3-6-25-7-5-17(20(15-25)28-2)14-24-22(26)18-11-16(13-23)12-19-21(18)30-10-4-9-29-19/h11-12,17,20H,3-10,14-15H2,1-2H3,(H,24,26)/t17-,20?/m0/s1. The van der Waals surface area contributed by atoms with Crippen molar-refractivity contribution < 1.29 is 23.7 Å². The minimum Gasteiger partial charge on any atom is -0.489 e. The Balaban J connectivity index is 1.62. The summed E-state index contributed by atoms with van der Waals surface area (Å²) in [5.41, 5.74) is 0.723. The Morgan fingerprint density at radius 1 is 1.33 bits per heavy atom. The lowest BCUT2D eigenvalue weighted by Gasteiger charge is -2.37. The van der Waals surface area contributed by atoms with Crippen molar-refractivity contribution in [3.05, 3.63) is 23.3 Å².